The topological polar surface area (TPSA) is 85.9 Å². The minimum atomic E-state index is -0.692. The maximum Gasteiger partial charge on any atom is 0.271 e. The van der Waals surface area contributed by atoms with E-state index in [1.54, 1.807) is 25.2 Å². The third kappa shape index (κ3) is 4.61. The Morgan fingerprint density at radius 3 is 2.50 bits per heavy atom. The lowest BCUT2D eigenvalue weighted by atomic mass is 9.96. The van der Waals surface area contributed by atoms with E-state index in [9.17, 15) is 4.79 Å². The second-order valence-corrected chi connectivity index (χ2v) is 7.81. The van der Waals surface area contributed by atoms with Crippen LogP contribution in [0, 0.1) is 5.92 Å². The van der Waals surface area contributed by atoms with Crippen molar-refractivity contribution in [3.8, 4) is 0 Å². The molecule has 0 spiro atoms. The number of rotatable bonds is 8. The molecule has 2 aromatic rings. The van der Waals surface area contributed by atoms with Gasteiger partial charge in [0.1, 0.15) is 7.11 Å². The first-order valence-electron chi connectivity index (χ1n) is 9.39. The smallest absolute Gasteiger partial charge is 0.271 e. The lowest BCUT2D eigenvalue weighted by Gasteiger charge is -2.16. The molecule has 1 aliphatic carbocycles. The van der Waals surface area contributed by atoms with Crippen LogP contribution in [0.4, 0.5) is 0 Å². The molecule has 30 heavy (non-hydrogen) atoms. The predicted octanol–water partition coefficient (Wildman–Crippen LogP) is 4.51. The first kappa shape index (κ1) is 22.2. The van der Waals surface area contributed by atoms with Gasteiger partial charge in [-0.25, -0.2) is 0 Å². The van der Waals surface area contributed by atoms with E-state index in [1.165, 1.54) is 7.11 Å². The molecule has 0 aromatic heterocycles. The fourth-order valence-corrected chi connectivity index (χ4v) is 4.19. The van der Waals surface area contributed by atoms with Gasteiger partial charge in [-0.15, -0.1) is 0 Å². The van der Waals surface area contributed by atoms with Crippen molar-refractivity contribution in [2.45, 2.75) is 19.3 Å². The molecule has 0 radical (unpaired) electrons. The van der Waals surface area contributed by atoms with Gasteiger partial charge in [-0.1, -0.05) is 58.7 Å². The summed E-state index contributed by atoms with van der Waals surface area (Å²) in [7, 11) is 3.04. The number of hydrogen-bond acceptors (Lipinski definition) is 5. The number of halogens is 2. The molecule has 3 N–H and O–H groups in total. The first-order chi connectivity index (χ1) is 14.4. The zero-order valence-electron chi connectivity index (χ0n) is 16.9. The summed E-state index contributed by atoms with van der Waals surface area (Å²) in [6, 6.07) is 12.8. The highest BCUT2D eigenvalue weighted by molar-refractivity contribution is 6.45. The Balaban J connectivity index is 2.04. The van der Waals surface area contributed by atoms with Crippen LogP contribution in [0.25, 0.3) is 5.76 Å². The van der Waals surface area contributed by atoms with Crippen LogP contribution in [-0.4, -0.2) is 25.8 Å². The summed E-state index contributed by atoms with van der Waals surface area (Å²) in [5.41, 5.74) is 11.6. The average Bonchev–Trinajstić information content (AvgIpc) is 3.50. The van der Waals surface area contributed by atoms with Gasteiger partial charge in [0.15, 0.2) is 11.5 Å². The SMILES string of the molecule is CNO/C(=C(\C)C1CC1c1ccc(Cl)cc1Cl)c1ccccc1/C(=N/OC)C(N)=O. The monoisotopic (exact) mass is 447 g/mol. The number of nitrogens with zero attached hydrogens (tertiary/aromatic N) is 1. The normalized spacial score (nSPS) is 19.2. The highest BCUT2D eigenvalue weighted by Crippen LogP contribution is 2.55. The molecule has 8 heteroatoms. The molecule has 1 saturated carbocycles. The Morgan fingerprint density at radius 2 is 1.90 bits per heavy atom. The van der Waals surface area contributed by atoms with Crippen molar-refractivity contribution in [2.75, 3.05) is 14.2 Å². The summed E-state index contributed by atoms with van der Waals surface area (Å²) in [6.45, 7) is 2.01. The Bertz CT molecular complexity index is 1020. The van der Waals surface area contributed by atoms with Crippen molar-refractivity contribution in [1.82, 2.24) is 5.48 Å². The molecule has 0 bridgehead atoms. The first-order valence-corrected chi connectivity index (χ1v) is 10.1. The van der Waals surface area contributed by atoms with Gasteiger partial charge in [-0.05, 0) is 48.4 Å². The van der Waals surface area contributed by atoms with Gasteiger partial charge in [0, 0.05) is 28.2 Å². The van der Waals surface area contributed by atoms with Crippen LogP contribution >= 0.6 is 23.2 Å². The van der Waals surface area contributed by atoms with Crippen molar-refractivity contribution in [1.29, 1.82) is 0 Å². The van der Waals surface area contributed by atoms with Crippen LogP contribution in [0.5, 0.6) is 0 Å². The summed E-state index contributed by atoms with van der Waals surface area (Å²) in [4.78, 5) is 22.6. The highest BCUT2D eigenvalue weighted by atomic mass is 35.5. The average molecular weight is 448 g/mol. The Kier molecular flexibility index (Phi) is 7.02. The molecule has 1 fully saturated rings. The van der Waals surface area contributed by atoms with Crippen molar-refractivity contribution < 1.29 is 14.5 Å². The Morgan fingerprint density at radius 1 is 1.20 bits per heavy atom. The van der Waals surface area contributed by atoms with Crippen LogP contribution < -0.4 is 11.2 Å². The van der Waals surface area contributed by atoms with Crippen LogP contribution in [0.2, 0.25) is 10.0 Å². The summed E-state index contributed by atoms with van der Waals surface area (Å²) in [5, 5.41) is 5.08. The zero-order chi connectivity index (χ0) is 21.8. The molecule has 2 aromatic carbocycles. The number of nitrogens with one attached hydrogen (secondary N) is 1. The van der Waals surface area contributed by atoms with Crippen molar-refractivity contribution in [3.63, 3.8) is 0 Å². The minimum absolute atomic E-state index is 0.0196. The Hall–Kier alpha value is -2.54. The van der Waals surface area contributed by atoms with E-state index in [-0.39, 0.29) is 17.5 Å². The number of oxime groups is 1. The van der Waals surface area contributed by atoms with Crippen LogP contribution in [0.3, 0.4) is 0 Å². The van der Waals surface area contributed by atoms with Crippen molar-refractivity contribution >= 4 is 40.6 Å². The van der Waals surface area contributed by atoms with Gasteiger partial charge in [-0.2, -0.15) is 5.48 Å². The van der Waals surface area contributed by atoms with Gasteiger partial charge in [0.25, 0.3) is 5.91 Å². The number of carbonyl (C=O) groups excluding carboxylic acids is 1. The fourth-order valence-electron chi connectivity index (χ4n) is 3.64. The number of amides is 1. The molecule has 158 valence electrons. The van der Waals surface area contributed by atoms with Gasteiger partial charge in [0.2, 0.25) is 0 Å². The molecule has 2 atom stereocenters. The van der Waals surface area contributed by atoms with E-state index in [2.05, 4.69) is 10.6 Å². The third-order valence-corrected chi connectivity index (χ3v) is 5.68. The fraction of sp³-hybridized carbons (Fsp3) is 0.273. The summed E-state index contributed by atoms with van der Waals surface area (Å²) in [6.07, 6.45) is 0.931. The van der Waals surface area contributed by atoms with E-state index < -0.39 is 5.91 Å². The lowest BCUT2D eigenvalue weighted by Crippen LogP contribution is -2.26. The highest BCUT2D eigenvalue weighted by Gasteiger charge is 2.42. The number of hydroxylamine groups is 1. The summed E-state index contributed by atoms with van der Waals surface area (Å²) in [5.74, 6) is 0.413. The Labute approximate surface area is 185 Å². The zero-order valence-corrected chi connectivity index (χ0v) is 18.4. The quantitative estimate of drug-likeness (QED) is 0.353. The van der Waals surface area contributed by atoms with E-state index in [0.29, 0.717) is 26.9 Å². The number of benzene rings is 2. The van der Waals surface area contributed by atoms with Gasteiger partial charge >= 0.3 is 0 Å². The number of carbonyl (C=O) groups is 1. The van der Waals surface area contributed by atoms with Crippen molar-refractivity contribution in [2.24, 2.45) is 16.8 Å². The van der Waals surface area contributed by atoms with E-state index in [0.717, 1.165) is 17.6 Å². The molecular weight excluding hydrogens is 425 g/mol. The minimum Gasteiger partial charge on any atom is -0.408 e. The standard InChI is InChI=1S/C22H23Cl2N3O3/c1-12(17-11-18(17)14-9-8-13(23)10-19(14)24)21(30-26-2)16-7-5-4-6-15(16)20(22(25)28)27-29-3/h4-10,17-18,26H,11H2,1-3H3,(H2,25,28)/b21-12+,27-20-. The number of hydrogen-bond donors (Lipinski definition) is 2. The summed E-state index contributed by atoms with van der Waals surface area (Å²) < 4.78 is 0. The molecule has 6 nitrogen and oxygen atoms in total. The van der Waals surface area contributed by atoms with E-state index >= 15 is 0 Å². The largest absolute Gasteiger partial charge is 0.408 e. The number of allylic oxidation sites excluding steroid dienone is 1. The van der Waals surface area contributed by atoms with Crippen LogP contribution in [0.1, 0.15) is 36.0 Å². The van der Waals surface area contributed by atoms with Gasteiger partial charge in [0.05, 0.1) is 0 Å². The van der Waals surface area contributed by atoms with Gasteiger partial charge in [-0.3, -0.25) is 4.79 Å². The second kappa shape index (κ2) is 9.51. The molecule has 0 saturated heterocycles. The molecule has 0 heterocycles. The molecule has 1 aliphatic rings. The molecule has 0 aliphatic heterocycles. The molecule has 1 amide bonds. The van der Waals surface area contributed by atoms with Crippen LogP contribution in [0.15, 0.2) is 53.2 Å². The predicted molar refractivity (Wildman–Crippen MR) is 119 cm³/mol. The number of nitrogens with two attached hydrogens (primary N) is 1. The lowest BCUT2D eigenvalue weighted by molar-refractivity contribution is -0.112. The number of primary amides is 1. The molecule has 3 rings (SSSR count). The van der Waals surface area contributed by atoms with E-state index in [1.807, 2.05) is 31.2 Å². The molecular formula is C22H23Cl2N3O3. The summed E-state index contributed by atoms with van der Waals surface area (Å²) >= 11 is 12.4. The maximum absolute atomic E-state index is 12.0. The van der Waals surface area contributed by atoms with Crippen molar-refractivity contribution in [3.05, 3.63) is 74.8 Å². The second-order valence-electron chi connectivity index (χ2n) is 6.97. The van der Waals surface area contributed by atoms with E-state index in [4.69, 9.17) is 38.6 Å². The van der Waals surface area contributed by atoms with Crippen LogP contribution in [-0.2, 0) is 14.5 Å². The molecule has 2 unspecified atom stereocenters. The third-order valence-electron chi connectivity index (χ3n) is 5.11. The maximum atomic E-state index is 12.0. The van der Waals surface area contributed by atoms with Gasteiger partial charge < -0.3 is 15.4 Å².